The number of nitrogens with zero attached hydrogens (tertiary/aromatic N) is 6. The molecule has 3 atom stereocenters. The first-order chi connectivity index (χ1) is 28.4. The number of nitrogens with two attached hydrogens (primary N) is 1. The van der Waals surface area contributed by atoms with Gasteiger partial charge in [0, 0.05) is 80.3 Å². The molecule has 5 aliphatic heterocycles. The number of imide groups is 1. The first-order valence-electron chi connectivity index (χ1n) is 21.5. The molecule has 4 aromatic rings. The van der Waals surface area contributed by atoms with E-state index in [2.05, 4.69) is 77.6 Å². The van der Waals surface area contributed by atoms with Crippen LogP contribution in [0.2, 0.25) is 0 Å². The summed E-state index contributed by atoms with van der Waals surface area (Å²) in [7, 11) is 0. The highest BCUT2D eigenvalue weighted by Crippen LogP contribution is 2.43. The fourth-order valence-corrected chi connectivity index (χ4v) is 11.2. The van der Waals surface area contributed by atoms with Gasteiger partial charge >= 0.3 is 0 Å². The van der Waals surface area contributed by atoms with Crippen molar-refractivity contribution in [1.29, 1.82) is 0 Å². The molecule has 4 N–H and O–H groups in total. The van der Waals surface area contributed by atoms with Crippen LogP contribution in [0.4, 0.5) is 22.9 Å². The Bertz CT molecular complexity index is 2170. The van der Waals surface area contributed by atoms with Crippen LogP contribution in [-0.2, 0) is 16.0 Å². The summed E-state index contributed by atoms with van der Waals surface area (Å²) in [6.45, 7) is 4.68. The number of nitrogen functional groups attached to an aromatic ring is 1. The van der Waals surface area contributed by atoms with Crippen molar-refractivity contribution in [1.82, 2.24) is 20.4 Å². The van der Waals surface area contributed by atoms with Crippen molar-refractivity contribution in [3.63, 3.8) is 0 Å². The molecule has 1 saturated carbocycles. The van der Waals surface area contributed by atoms with Crippen molar-refractivity contribution >= 4 is 34.7 Å². The van der Waals surface area contributed by atoms with Gasteiger partial charge in [-0.15, -0.1) is 10.2 Å². The quantitative estimate of drug-likeness (QED) is 0.181. The second-order valence-corrected chi connectivity index (χ2v) is 17.3. The zero-order chi connectivity index (χ0) is 39.3. The lowest BCUT2D eigenvalue weighted by Gasteiger charge is -2.43. The Balaban J connectivity index is 0.726. The summed E-state index contributed by atoms with van der Waals surface area (Å²) in [6, 6.07) is 25.6. The number of para-hydroxylation sites is 1. The van der Waals surface area contributed by atoms with Crippen LogP contribution in [-0.4, -0.2) is 95.0 Å². The van der Waals surface area contributed by atoms with E-state index in [1.807, 2.05) is 18.2 Å². The van der Waals surface area contributed by atoms with Gasteiger partial charge in [0.05, 0.1) is 11.4 Å². The Morgan fingerprint density at radius 2 is 1.50 bits per heavy atom. The zero-order valence-corrected chi connectivity index (χ0v) is 33.1. The van der Waals surface area contributed by atoms with Gasteiger partial charge in [-0.3, -0.25) is 14.9 Å². The number of likely N-dealkylation sites (tertiary alicyclic amines) is 1. The molecular formula is C46H54N8O4. The molecule has 1 aromatic heterocycles. The van der Waals surface area contributed by atoms with Crippen molar-refractivity contribution in [3.8, 4) is 22.8 Å². The molecule has 0 spiro atoms. The van der Waals surface area contributed by atoms with E-state index >= 15 is 0 Å². The Morgan fingerprint density at radius 3 is 2.28 bits per heavy atom. The normalized spacial score (nSPS) is 26.5. The molecule has 12 nitrogen and oxygen atoms in total. The lowest BCUT2D eigenvalue weighted by Crippen LogP contribution is -2.54. The number of aromatic hydroxyl groups is 1. The molecule has 10 rings (SSSR count). The van der Waals surface area contributed by atoms with E-state index in [4.69, 9.17) is 10.5 Å². The van der Waals surface area contributed by atoms with Gasteiger partial charge in [0.1, 0.15) is 23.6 Å². The number of hydrogen-bond acceptors (Lipinski definition) is 11. The van der Waals surface area contributed by atoms with Gasteiger partial charge in [0.2, 0.25) is 11.8 Å². The number of ether oxygens (including phenoxy) is 1. The van der Waals surface area contributed by atoms with Crippen LogP contribution in [0.3, 0.4) is 0 Å². The molecule has 302 valence electrons. The molecule has 0 radical (unpaired) electrons. The number of carbonyl (C=O) groups excluding carboxylic acids is 2. The summed E-state index contributed by atoms with van der Waals surface area (Å²) in [4.78, 5) is 34.4. The van der Waals surface area contributed by atoms with Crippen molar-refractivity contribution in [2.45, 2.75) is 107 Å². The van der Waals surface area contributed by atoms with E-state index in [0.717, 1.165) is 76.3 Å². The summed E-state index contributed by atoms with van der Waals surface area (Å²) in [5.74, 6) is 1.81. The third kappa shape index (κ3) is 6.99. The predicted molar refractivity (Wildman–Crippen MR) is 225 cm³/mol. The predicted octanol–water partition coefficient (Wildman–Crippen LogP) is 6.03. The fourth-order valence-electron chi connectivity index (χ4n) is 11.2. The van der Waals surface area contributed by atoms with Gasteiger partial charge < -0.3 is 35.2 Å². The number of rotatable bonds is 8. The molecule has 6 aliphatic rings. The average Bonchev–Trinajstić information content (AvgIpc) is 3.79. The summed E-state index contributed by atoms with van der Waals surface area (Å²) < 4.78 is 6.70. The van der Waals surface area contributed by atoms with Crippen LogP contribution in [0.15, 0.2) is 72.8 Å². The van der Waals surface area contributed by atoms with Crippen LogP contribution in [0.25, 0.3) is 11.3 Å². The molecule has 6 heterocycles. The Morgan fingerprint density at radius 1 is 0.741 bits per heavy atom. The minimum Gasteiger partial charge on any atom is -0.507 e. The van der Waals surface area contributed by atoms with E-state index in [0.29, 0.717) is 54.0 Å². The van der Waals surface area contributed by atoms with Crippen LogP contribution in [0, 0.1) is 0 Å². The maximum atomic E-state index is 12.7. The number of piperidine rings is 2. The molecule has 2 amide bonds. The highest BCUT2D eigenvalue weighted by atomic mass is 16.5. The van der Waals surface area contributed by atoms with Gasteiger partial charge in [-0.2, -0.15) is 0 Å². The van der Waals surface area contributed by atoms with Crippen LogP contribution in [0.5, 0.6) is 11.5 Å². The molecule has 2 bridgehead atoms. The lowest BCUT2D eigenvalue weighted by atomic mass is 9.79. The fraction of sp³-hybridized carbons (Fsp3) is 0.478. The molecule has 4 saturated heterocycles. The lowest BCUT2D eigenvalue weighted by molar-refractivity contribution is -0.134. The molecule has 58 heavy (non-hydrogen) atoms. The first-order valence-corrected chi connectivity index (χ1v) is 21.5. The topological polar surface area (TPSA) is 140 Å². The highest BCUT2D eigenvalue weighted by Gasteiger charge is 2.41. The second kappa shape index (κ2) is 15.4. The van der Waals surface area contributed by atoms with Crippen molar-refractivity contribution in [3.05, 3.63) is 83.9 Å². The Kier molecular flexibility index (Phi) is 9.83. The van der Waals surface area contributed by atoms with Crippen molar-refractivity contribution in [2.24, 2.45) is 0 Å². The zero-order valence-electron chi connectivity index (χ0n) is 33.1. The number of piperazine rings is 1. The number of phenols is 1. The molecule has 1 aliphatic carbocycles. The summed E-state index contributed by atoms with van der Waals surface area (Å²) in [5, 5.41) is 21.6. The first kappa shape index (κ1) is 36.9. The minimum atomic E-state index is -0.247. The molecular weight excluding hydrogens is 729 g/mol. The van der Waals surface area contributed by atoms with Crippen LogP contribution < -0.4 is 30.5 Å². The van der Waals surface area contributed by atoms with Gasteiger partial charge in [0.25, 0.3) is 0 Å². The van der Waals surface area contributed by atoms with Gasteiger partial charge in [0.15, 0.2) is 5.82 Å². The SMILES string of the molecule is Nc1nnc(-c2ccccc2O)cc1N1C[C@H]2CC[C@@H](C1)N2c1cccc(OC2CCN([C@H]3CC[C@H](c4cccc5c4CCN5[C@@H]4CCC(=O)NC4=O)CC3)CC2)c1. The van der Waals surface area contributed by atoms with E-state index in [-0.39, 0.29) is 29.7 Å². The van der Waals surface area contributed by atoms with E-state index in [1.165, 1.54) is 48.2 Å². The number of phenolic OH excluding ortho intramolecular Hbond substituents is 1. The number of amides is 2. The Labute approximate surface area is 340 Å². The largest absolute Gasteiger partial charge is 0.507 e. The maximum absolute atomic E-state index is 12.7. The van der Waals surface area contributed by atoms with Gasteiger partial charge in [-0.25, -0.2) is 0 Å². The minimum absolute atomic E-state index is 0.149. The number of benzene rings is 3. The smallest absolute Gasteiger partial charge is 0.249 e. The Hall–Kier alpha value is -5.36. The number of anilines is 4. The molecule has 0 unspecified atom stereocenters. The van der Waals surface area contributed by atoms with Crippen molar-refractivity contribution in [2.75, 3.05) is 53.2 Å². The standard InChI is InChI=1S/C46H54N8O4/c47-45-42(26-39(49-50-45)38-7-1-2-10-43(38)55)52-27-32-15-16-33(28-52)54(32)31-5-3-6-35(25-31)58-34-19-22-51(23-20-34)30-13-11-29(12-14-30)36-8-4-9-40-37(36)21-24-53(40)41-17-18-44(56)48-46(41)57/h1-10,25-26,29-30,32-34,41,55H,11-24,27-28H2,(H2,47,50)(H,48,56,57)/t29-,30-,32-,33+,41-/m1/s1. The number of carbonyl (C=O) groups is 2. The monoisotopic (exact) mass is 782 g/mol. The number of aromatic nitrogens is 2. The third-order valence-corrected chi connectivity index (χ3v) is 14.0. The molecule has 12 heteroatoms. The second-order valence-electron chi connectivity index (χ2n) is 17.3. The van der Waals surface area contributed by atoms with Gasteiger partial charge in [-0.1, -0.05) is 30.3 Å². The summed E-state index contributed by atoms with van der Waals surface area (Å²) in [5.41, 5.74) is 13.9. The summed E-state index contributed by atoms with van der Waals surface area (Å²) in [6.07, 6.45) is 11.4. The van der Waals surface area contributed by atoms with Crippen LogP contribution in [0.1, 0.15) is 81.3 Å². The number of nitrogens with one attached hydrogen (secondary N) is 1. The van der Waals surface area contributed by atoms with E-state index < -0.39 is 0 Å². The maximum Gasteiger partial charge on any atom is 0.249 e. The third-order valence-electron chi connectivity index (χ3n) is 14.0. The van der Waals surface area contributed by atoms with Crippen molar-refractivity contribution < 1.29 is 19.4 Å². The van der Waals surface area contributed by atoms with Gasteiger partial charge in [-0.05, 0) is 118 Å². The molecule has 5 fully saturated rings. The highest BCUT2D eigenvalue weighted by molar-refractivity contribution is 6.02. The molecule has 3 aromatic carbocycles. The number of hydrogen-bond donors (Lipinski definition) is 3. The van der Waals surface area contributed by atoms with Crippen LogP contribution >= 0.6 is 0 Å². The average molecular weight is 783 g/mol. The summed E-state index contributed by atoms with van der Waals surface area (Å²) >= 11 is 0. The van der Waals surface area contributed by atoms with E-state index in [9.17, 15) is 14.7 Å². The number of fused-ring (bicyclic) bond motifs is 3. The van der Waals surface area contributed by atoms with E-state index in [1.54, 1.807) is 12.1 Å².